The smallest absolute Gasteiger partial charge is 0.303 e. The summed E-state index contributed by atoms with van der Waals surface area (Å²) in [5.74, 6) is -0.773. The van der Waals surface area contributed by atoms with Crippen LogP contribution >= 0.6 is 0 Å². The van der Waals surface area contributed by atoms with Crippen LogP contribution in [-0.2, 0) is 16.0 Å². The fourth-order valence-electron chi connectivity index (χ4n) is 1.89. The Hall–Kier alpha value is -1.64. The summed E-state index contributed by atoms with van der Waals surface area (Å²) in [6.07, 6.45) is 0.700. The molecular weight excluding hydrogens is 216 g/mol. The van der Waals surface area contributed by atoms with E-state index in [2.05, 4.69) is 0 Å². The van der Waals surface area contributed by atoms with Gasteiger partial charge in [-0.3, -0.25) is 9.59 Å². The van der Waals surface area contributed by atoms with E-state index in [4.69, 9.17) is 5.11 Å². The van der Waals surface area contributed by atoms with E-state index in [1.807, 2.05) is 44.2 Å². The lowest BCUT2D eigenvalue weighted by atomic mass is 9.83. The summed E-state index contributed by atoms with van der Waals surface area (Å²) in [5.41, 5.74) is 0.501. The summed E-state index contributed by atoms with van der Waals surface area (Å²) in [6.45, 7) is 3.62. The van der Waals surface area contributed by atoms with Crippen molar-refractivity contribution in [1.82, 2.24) is 0 Å². The molecule has 0 aliphatic rings. The Labute approximate surface area is 101 Å². The second-order valence-corrected chi connectivity index (χ2v) is 5.11. The molecule has 3 heteroatoms. The Bertz CT molecular complexity index is 393. The summed E-state index contributed by atoms with van der Waals surface area (Å²) in [4.78, 5) is 22.5. The molecule has 0 saturated carbocycles. The van der Waals surface area contributed by atoms with Crippen LogP contribution in [0.3, 0.4) is 0 Å². The molecule has 92 valence electrons. The van der Waals surface area contributed by atoms with E-state index in [0.29, 0.717) is 12.8 Å². The highest BCUT2D eigenvalue weighted by Crippen LogP contribution is 2.25. The highest BCUT2D eigenvalue weighted by Gasteiger charge is 2.24. The predicted molar refractivity (Wildman–Crippen MR) is 65.8 cm³/mol. The third-order valence-electron chi connectivity index (χ3n) is 2.55. The van der Waals surface area contributed by atoms with Gasteiger partial charge in [0.05, 0.1) is 6.42 Å². The Balaban J connectivity index is 2.52. The zero-order chi connectivity index (χ0) is 12.9. The van der Waals surface area contributed by atoms with E-state index < -0.39 is 11.4 Å². The minimum Gasteiger partial charge on any atom is -0.481 e. The van der Waals surface area contributed by atoms with Gasteiger partial charge < -0.3 is 5.11 Å². The summed E-state index contributed by atoms with van der Waals surface area (Å²) in [7, 11) is 0. The Morgan fingerprint density at radius 2 is 1.71 bits per heavy atom. The molecule has 1 rings (SSSR count). The maximum absolute atomic E-state index is 11.8. The van der Waals surface area contributed by atoms with Crippen LogP contribution < -0.4 is 0 Å². The number of hydrogen-bond donors (Lipinski definition) is 1. The van der Waals surface area contributed by atoms with Gasteiger partial charge in [0, 0.05) is 12.8 Å². The number of aliphatic carboxylic acids is 1. The lowest BCUT2D eigenvalue weighted by Crippen LogP contribution is -2.21. The predicted octanol–water partition coefficient (Wildman–Crippen LogP) is 2.69. The van der Waals surface area contributed by atoms with E-state index in [1.165, 1.54) is 0 Å². The van der Waals surface area contributed by atoms with Crippen molar-refractivity contribution < 1.29 is 14.7 Å². The molecule has 0 fully saturated rings. The average molecular weight is 234 g/mol. The lowest BCUT2D eigenvalue weighted by molar-refractivity contribution is -0.139. The third kappa shape index (κ3) is 5.29. The van der Waals surface area contributed by atoms with Crippen LogP contribution in [0.15, 0.2) is 30.3 Å². The maximum Gasteiger partial charge on any atom is 0.303 e. The molecule has 1 aromatic carbocycles. The van der Waals surface area contributed by atoms with E-state index >= 15 is 0 Å². The molecule has 0 radical (unpaired) electrons. The molecule has 0 aliphatic heterocycles. The van der Waals surface area contributed by atoms with Crippen LogP contribution in [0.1, 0.15) is 32.3 Å². The third-order valence-corrected chi connectivity index (χ3v) is 2.55. The molecule has 3 nitrogen and oxygen atoms in total. The summed E-state index contributed by atoms with van der Waals surface area (Å²) in [6, 6.07) is 9.50. The Morgan fingerprint density at radius 1 is 1.12 bits per heavy atom. The van der Waals surface area contributed by atoms with E-state index in [0.717, 1.165) is 5.56 Å². The van der Waals surface area contributed by atoms with Crippen molar-refractivity contribution in [2.75, 3.05) is 0 Å². The monoisotopic (exact) mass is 234 g/mol. The second kappa shape index (κ2) is 5.62. The molecule has 0 spiro atoms. The zero-order valence-corrected chi connectivity index (χ0v) is 10.3. The first-order valence-corrected chi connectivity index (χ1v) is 5.66. The number of carbonyl (C=O) groups excluding carboxylic acids is 1. The summed E-state index contributed by atoms with van der Waals surface area (Å²) < 4.78 is 0. The molecule has 0 amide bonds. The molecule has 0 aromatic heterocycles. The fraction of sp³-hybridized carbons (Fsp3) is 0.429. The summed E-state index contributed by atoms with van der Waals surface area (Å²) >= 11 is 0. The number of carbonyl (C=O) groups is 2. The van der Waals surface area contributed by atoms with Gasteiger partial charge in [0.2, 0.25) is 0 Å². The van der Waals surface area contributed by atoms with E-state index in [-0.39, 0.29) is 12.2 Å². The minimum atomic E-state index is -0.859. The SMILES string of the molecule is CC(C)(CC(=O)O)CC(=O)Cc1ccccc1. The van der Waals surface area contributed by atoms with Crippen LogP contribution in [0.2, 0.25) is 0 Å². The molecule has 0 aliphatic carbocycles. The first-order valence-electron chi connectivity index (χ1n) is 5.66. The van der Waals surface area contributed by atoms with Crippen molar-refractivity contribution in [3.63, 3.8) is 0 Å². The number of benzene rings is 1. The number of carboxylic acid groups (broad SMARTS) is 1. The van der Waals surface area contributed by atoms with Gasteiger partial charge in [-0.25, -0.2) is 0 Å². The molecule has 17 heavy (non-hydrogen) atoms. The van der Waals surface area contributed by atoms with E-state index in [1.54, 1.807) is 0 Å². The van der Waals surface area contributed by atoms with Crippen molar-refractivity contribution >= 4 is 11.8 Å². The van der Waals surface area contributed by atoms with Gasteiger partial charge in [-0.1, -0.05) is 44.2 Å². The van der Waals surface area contributed by atoms with Gasteiger partial charge in [-0.05, 0) is 11.0 Å². The first-order chi connectivity index (χ1) is 7.89. The van der Waals surface area contributed by atoms with Crippen LogP contribution in [0.5, 0.6) is 0 Å². The molecule has 0 atom stereocenters. The maximum atomic E-state index is 11.8. The van der Waals surface area contributed by atoms with Crippen molar-refractivity contribution in [2.45, 2.75) is 33.1 Å². The lowest BCUT2D eigenvalue weighted by Gasteiger charge is -2.21. The quantitative estimate of drug-likeness (QED) is 0.823. The van der Waals surface area contributed by atoms with Gasteiger partial charge in [0.15, 0.2) is 0 Å². The number of carboxylic acids is 1. The highest BCUT2D eigenvalue weighted by molar-refractivity contribution is 5.82. The number of Topliss-reactive ketones (excluding diaryl/α,β-unsaturated/α-hetero) is 1. The largest absolute Gasteiger partial charge is 0.481 e. The van der Waals surface area contributed by atoms with Crippen molar-refractivity contribution in [3.8, 4) is 0 Å². The van der Waals surface area contributed by atoms with Gasteiger partial charge in [0.1, 0.15) is 5.78 Å². The number of hydrogen-bond acceptors (Lipinski definition) is 2. The fourth-order valence-corrected chi connectivity index (χ4v) is 1.89. The molecule has 0 unspecified atom stereocenters. The van der Waals surface area contributed by atoms with Crippen LogP contribution in [0.25, 0.3) is 0 Å². The molecule has 0 heterocycles. The second-order valence-electron chi connectivity index (χ2n) is 5.11. The van der Waals surface area contributed by atoms with Gasteiger partial charge in [-0.15, -0.1) is 0 Å². The zero-order valence-electron chi connectivity index (χ0n) is 10.3. The molecule has 0 bridgehead atoms. The van der Waals surface area contributed by atoms with Crippen molar-refractivity contribution in [1.29, 1.82) is 0 Å². The Morgan fingerprint density at radius 3 is 2.24 bits per heavy atom. The molecule has 1 N–H and O–H groups in total. The van der Waals surface area contributed by atoms with Gasteiger partial charge >= 0.3 is 5.97 Å². The van der Waals surface area contributed by atoms with Crippen LogP contribution in [0.4, 0.5) is 0 Å². The van der Waals surface area contributed by atoms with Gasteiger partial charge in [0.25, 0.3) is 0 Å². The topological polar surface area (TPSA) is 54.4 Å². The van der Waals surface area contributed by atoms with Crippen LogP contribution in [-0.4, -0.2) is 16.9 Å². The minimum absolute atomic E-state index is 0.0214. The van der Waals surface area contributed by atoms with Crippen molar-refractivity contribution in [2.24, 2.45) is 5.41 Å². The average Bonchev–Trinajstić information content (AvgIpc) is 2.15. The standard InChI is InChI=1S/C14H18O3/c1-14(2,10-13(16)17)9-12(15)8-11-6-4-3-5-7-11/h3-7H,8-10H2,1-2H3,(H,16,17). The van der Waals surface area contributed by atoms with Crippen LogP contribution in [0, 0.1) is 5.41 Å². The van der Waals surface area contributed by atoms with E-state index in [9.17, 15) is 9.59 Å². The molecule has 0 saturated heterocycles. The number of ketones is 1. The normalized spacial score (nSPS) is 11.2. The van der Waals surface area contributed by atoms with Gasteiger partial charge in [-0.2, -0.15) is 0 Å². The summed E-state index contributed by atoms with van der Waals surface area (Å²) in [5, 5.41) is 8.74. The van der Waals surface area contributed by atoms with Crippen molar-refractivity contribution in [3.05, 3.63) is 35.9 Å². The first kappa shape index (κ1) is 13.4. The Kier molecular flexibility index (Phi) is 4.44. The molecular formula is C14H18O3. The molecule has 1 aromatic rings. The number of rotatable bonds is 6. The highest BCUT2D eigenvalue weighted by atomic mass is 16.4.